The van der Waals surface area contributed by atoms with E-state index in [0.717, 1.165) is 6.07 Å². The van der Waals surface area contributed by atoms with E-state index in [0.29, 0.717) is 12.0 Å². The van der Waals surface area contributed by atoms with E-state index in [4.69, 9.17) is 14.6 Å². The Kier molecular flexibility index (Phi) is 3.64. The van der Waals surface area contributed by atoms with Crippen LogP contribution in [0.2, 0.25) is 0 Å². The second-order valence-electron chi connectivity index (χ2n) is 3.77. The third-order valence-electron chi connectivity index (χ3n) is 2.41. The number of aliphatic hydroxyl groups excluding tert-OH is 1. The predicted molar refractivity (Wildman–Crippen MR) is 68.0 cm³/mol. The predicted octanol–water partition coefficient (Wildman–Crippen LogP) is 1.23. The van der Waals surface area contributed by atoms with Crippen LogP contribution in [0.5, 0.6) is 0 Å². The van der Waals surface area contributed by atoms with Gasteiger partial charge in [0.25, 0.3) is 0 Å². The maximum Gasteiger partial charge on any atom is 0.371 e. The van der Waals surface area contributed by atoms with Crippen molar-refractivity contribution in [3.05, 3.63) is 45.8 Å². The lowest BCUT2D eigenvalue weighted by atomic mass is 10.1. The standard InChI is InChI=1S/C14H10O5/c15-6-2-1-3-9-4-5-12-10(7-9)11(16)8-13(19-12)14(17)18/h4-5,7-8,15H,2,6H2,(H,17,18). The van der Waals surface area contributed by atoms with Gasteiger partial charge < -0.3 is 14.6 Å². The van der Waals surface area contributed by atoms with Crippen LogP contribution in [0.25, 0.3) is 11.0 Å². The number of hydrogen-bond donors (Lipinski definition) is 2. The zero-order valence-corrected chi connectivity index (χ0v) is 9.84. The van der Waals surface area contributed by atoms with Gasteiger partial charge in [-0.05, 0) is 18.2 Å². The molecule has 0 atom stereocenters. The summed E-state index contributed by atoms with van der Waals surface area (Å²) in [5, 5.41) is 17.7. The molecule has 0 aliphatic rings. The Morgan fingerprint density at radius 1 is 1.32 bits per heavy atom. The monoisotopic (exact) mass is 258 g/mol. The van der Waals surface area contributed by atoms with Gasteiger partial charge in [0.2, 0.25) is 5.76 Å². The van der Waals surface area contributed by atoms with Crippen LogP contribution in [-0.4, -0.2) is 22.8 Å². The SMILES string of the molecule is O=C(O)c1cc(=O)c2cc(C#CCCO)ccc2o1. The van der Waals surface area contributed by atoms with Crippen LogP contribution in [0.1, 0.15) is 22.5 Å². The summed E-state index contributed by atoms with van der Waals surface area (Å²) in [6.07, 6.45) is 0.352. The van der Waals surface area contributed by atoms with Crippen molar-refractivity contribution in [2.75, 3.05) is 6.61 Å². The smallest absolute Gasteiger partial charge is 0.371 e. The Balaban J connectivity index is 2.54. The highest BCUT2D eigenvalue weighted by molar-refractivity contribution is 5.87. The molecular formula is C14H10O5. The van der Waals surface area contributed by atoms with E-state index in [2.05, 4.69) is 11.8 Å². The van der Waals surface area contributed by atoms with Crippen molar-refractivity contribution < 1.29 is 19.4 Å². The maximum atomic E-state index is 11.8. The zero-order valence-electron chi connectivity index (χ0n) is 9.84. The molecule has 2 N–H and O–H groups in total. The Morgan fingerprint density at radius 2 is 2.11 bits per heavy atom. The molecule has 0 spiro atoms. The number of benzene rings is 1. The fraction of sp³-hybridized carbons (Fsp3) is 0.143. The number of aromatic carboxylic acids is 1. The van der Waals surface area contributed by atoms with Gasteiger partial charge in [0, 0.05) is 18.1 Å². The van der Waals surface area contributed by atoms with Gasteiger partial charge in [0.05, 0.1) is 12.0 Å². The Morgan fingerprint density at radius 3 is 2.79 bits per heavy atom. The molecule has 0 radical (unpaired) electrons. The number of fused-ring (bicyclic) bond motifs is 1. The minimum atomic E-state index is -1.29. The van der Waals surface area contributed by atoms with Gasteiger partial charge >= 0.3 is 5.97 Å². The van der Waals surface area contributed by atoms with Gasteiger partial charge in [-0.25, -0.2) is 4.79 Å². The minimum absolute atomic E-state index is 0.0231. The van der Waals surface area contributed by atoms with Gasteiger partial charge in [-0.2, -0.15) is 0 Å². The first-order valence-corrected chi connectivity index (χ1v) is 5.53. The van der Waals surface area contributed by atoms with E-state index in [-0.39, 0.29) is 17.6 Å². The molecule has 0 aliphatic heterocycles. The minimum Gasteiger partial charge on any atom is -0.475 e. The molecule has 96 valence electrons. The van der Waals surface area contributed by atoms with E-state index < -0.39 is 17.2 Å². The average Bonchev–Trinajstić information content (AvgIpc) is 2.39. The van der Waals surface area contributed by atoms with Crippen molar-refractivity contribution in [2.24, 2.45) is 0 Å². The quantitative estimate of drug-likeness (QED) is 0.791. The summed E-state index contributed by atoms with van der Waals surface area (Å²) in [4.78, 5) is 22.5. The van der Waals surface area contributed by atoms with Crippen LogP contribution in [0.4, 0.5) is 0 Å². The molecule has 1 aromatic carbocycles. The highest BCUT2D eigenvalue weighted by Gasteiger charge is 2.10. The van der Waals surface area contributed by atoms with Crippen molar-refractivity contribution in [1.82, 2.24) is 0 Å². The Bertz CT molecular complexity index is 746. The van der Waals surface area contributed by atoms with E-state index in [9.17, 15) is 9.59 Å². The maximum absolute atomic E-state index is 11.8. The van der Waals surface area contributed by atoms with Gasteiger partial charge in [0.15, 0.2) is 5.43 Å². The molecule has 1 heterocycles. The van der Waals surface area contributed by atoms with E-state index in [1.165, 1.54) is 12.1 Å². The molecule has 0 aliphatic carbocycles. The largest absolute Gasteiger partial charge is 0.475 e. The van der Waals surface area contributed by atoms with Crippen LogP contribution >= 0.6 is 0 Å². The second kappa shape index (κ2) is 5.38. The van der Waals surface area contributed by atoms with E-state index in [1.807, 2.05) is 0 Å². The lowest BCUT2D eigenvalue weighted by Crippen LogP contribution is -2.06. The third-order valence-corrected chi connectivity index (χ3v) is 2.41. The van der Waals surface area contributed by atoms with Crippen LogP contribution in [0.3, 0.4) is 0 Å². The number of carboxylic acids is 1. The van der Waals surface area contributed by atoms with E-state index >= 15 is 0 Å². The number of hydrogen-bond acceptors (Lipinski definition) is 4. The van der Waals surface area contributed by atoms with Crippen molar-refractivity contribution in [3.8, 4) is 11.8 Å². The lowest BCUT2D eigenvalue weighted by molar-refractivity contribution is 0.0663. The Hall–Kier alpha value is -2.58. The second-order valence-corrected chi connectivity index (χ2v) is 3.77. The normalized spacial score (nSPS) is 9.95. The summed E-state index contributed by atoms with van der Waals surface area (Å²) in [6, 6.07) is 5.61. The molecule has 0 saturated heterocycles. The highest BCUT2D eigenvalue weighted by Crippen LogP contribution is 2.14. The van der Waals surface area contributed by atoms with Crippen molar-refractivity contribution in [2.45, 2.75) is 6.42 Å². The molecule has 0 fully saturated rings. The molecule has 0 saturated carbocycles. The average molecular weight is 258 g/mol. The summed E-state index contributed by atoms with van der Waals surface area (Å²) < 4.78 is 5.10. The summed E-state index contributed by atoms with van der Waals surface area (Å²) in [7, 11) is 0. The molecule has 5 heteroatoms. The molecule has 0 amide bonds. The number of aliphatic hydroxyl groups is 1. The molecule has 0 unspecified atom stereocenters. The van der Waals surface area contributed by atoms with Gasteiger partial charge in [0.1, 0.15) is 5.58 Å². The summed E-state index contributed by atoms with van der Waals surface area (Å²) in [5.41, 5.74) is 0.387. The van der Waals surface area contributed by atoms with Gasteiger partial charge in [-0.1, -0.05) is 11.8 Å². The first kappa shape index (κ1) is 12.9. The van der Waals surface area contributed by atoms with Crippen LogP contribution in [-0.2, 0) is 0 Å². The lowest BCUT2D eigenvalue weighted by Gasteiger charge is -1.99. The van der Waals surface area contributed by atoms with Crippen molar-refractivity contribution in [3.63, 3.8) is 0 Å². The number of carboxylic acid groups (broad SMARTS) is 1. The van der Waals surface area contributed by atoms with Gasteiger partial charge in [-0.15, -0.1) is 0 Å². The highest BCUT2D eigenvalue weighted by atomic mass is 16.4. The number of carbonyl (C=O) groups is 1. The first-order valence-electron chi connectivity index (χ1n) is 5.53. The fourth-order valence-electron chi connectivity index (χ4n) is 1.56. The van der Waals surface area contributed by atoms with Crippen molar-refractivity contribution in [1.29, 1.82) is 0 Å². The van der Waals surface area contributed by atoms with Gasteiger partial charge in [-0.3, -0.25) is 4.79 Å². The van der Waals surface area contributed by atoms with Crippen LogP contribution in [0, 0.1) is 11.8 Å². The molecule has 0 bridgehead atoms. The molecule has 2 rings (SSSR count). The topological polar surface area (TPSA) is 87.7 Å². The molecule has 5 nitrogen and oxygen atoms in total. The third kappa shape index (κ3) is 2.81. The molecule has 19 heavy (non-hydrogen) atoms. The molecular weight excluding hydrogens is 248 g/mol. The molecule has 2 aromatic rings. The number of rotatable bonds is 2. The first-order chi connectivity index (χ1) is 9.11. The van der Waals surface area contributed by atoms with Crippen LogP contribution < -0.4 is 5.43 Å². The zero-order chi connectivity index (χ0) is 13.8. The van der Waals surface area contributed by atoms with E-state index in [1.54, 1.807) is 6.07 Å². The van der Waals surface area contributed by atoms with Crippen molar-refractivity contribution >= 4 is 16.9 Å². The van der Waals surface area contributed by atoms with Crippen LogP contribution in [0.15, 0.2) is 33.5 Å². The Labute approximate surface area is 108 Å². The fourth-order valence-corrected chi connectivity index (χ4v) is 1.56. The summed E-state index contributed by atoms with van der Waals surface area (Å²) in [5.74, 6) is 3.86. The summed E-state index contributed by atoms with van der Waals surface area (Å²) >= 11 is 0. The molecule has 1 aromatic heterocycles. The summed E-state index contributed by atoms with van der Waals surface area (Å²) in [6.45, 7) is -0.0231.